The van der Waals surface area contributed by atoms with Crippen molar-refractivity contribution in [2.24, 2.45) is 0 Å². The zero-order valence-electron chi connectivity index (χ0n) is 11.4. The van der Waals surface area contributed by atoms with Crippen molar-refractivity contribution in [1.29, 1.82) is 0 Å². The molecule has 6 heteroatoms. The fraction of sp³-hybridized carbons (Fsp3) is 0.429. The Morgan fingerprint density at radius 3 is 2.35 bits per heavy atom. The number of benzene rings is 1. The Hall–Kier alpha value is -1.56. The van der Waals surface area contributed by atoms with Crippen molar-refractivity contribution in [3.8, 4) is 0 Å². The molecule has 5 nitrogen and oxygen atoms in total. The standard InChI is InChI=1S/C14H18BrN3O2/c1-10(19)16-13-6-8-18(9-7-13)14(20)17-12-4-2-11(15)3-5-12/h2-5,13H,6-9H2,1H3,(H,16,19)(H,17,20). The number of carbonyl (C=O) groups is 2. The Bertz CT molecular complexity index is 482. The highest BCUT2D eigenvalue weighted by Gasteiger charge is 2.23. The van der Waals surface area contributed by atoms with Gasteiger partial charge in [-0.15, -0.1) is 0 Å². The summed E-state index contributed by atoms with van der Waals surface area (Å²) in [4.78, 5) is 24.9. The lowest BCUT2D eigenvalue weighted by atomic mass is 10.1. The molecule has 0 radical (unpaired) electrons. The third-order valence-corrected chi connectivity index (χ3v) is 3.81. The number of anilines is 1. The highest BCUT2D eigenvalue weighted by molar-refractivity contribution is 9.10. The third kappa shape index (κ3) is 4.23. The molecule has 1 aromatic rings. The maximum atomic E-state index is 12.1. The van der Waals surface area contributed by atoms with E-state index in [-0.39, 0.29) is 18.0 Å². The number of halogens is 1. The van der Waals surface area contributed by atoms with E-state index < -0.39 is 0 Å². The van der Waals surface area contributed by atoms with E-state index in [9.17, 15) is 9.59 Å². The van der Waals surface area contributed by atoms with Gasteiger partial charge in [-0.3, -0.25) is 4.79 Å². The fourth-order valence-corrected chi connectivity index (χ4v) is 2.51. The van der Waals surface area contributed by atoms with Gasteiger partial charge >= 0.3 is 6.03 Å². The summed E-state index contributed by atoms with van der Waals surface area (Å²) in [5.74, 6) is -0.0113. The summed E-state index contributed by atoms with van der Waals surface area (Å²) >= 11 is 3.36. The third-order valence-electron chi connectivity index (χ3n) is 3.29. The quantitative estimate of drug-likeness (QED) is 0.869. The molecule has 0 aliphatic carbocycles. The first kappa shape index (κ1) is 14.8. The van der Waals surface area contributed by atoms with Crippen molar-refractivity contribution in [1.82, 2.24) is 10.2 Å². The number of carbonyl (C=O) groups excluding carboxylic acids is 2. The minimum absolute atomic E-state index is 0.0113. The topological polar surface area (TPSA) is 61.4 Å². The second-order valence-corrected chi connectivity index (χ2v) is 5.81. The number of nitrogens with zero attached hydrogens (tertiary/aromatic N) is 1. The Labute approximate surface area is 126 Å². The second-order valence-electron chi connectivity index (χ2n) is 4.90. The first-order chi connectivity index (χ1) is 9.54. The lowest BCUT2D eigenvalue weighted by molar-refractivity contribution is -0.119. The lowest BCUT2D eigenvalue weighted by Crippen LogP contribution is -2.47. The van der Waals surface area contributed by atoms with Crippen LogP contribution in [0.15, 0.2) is 28.7 Å². The number of urea groups is 1. The van der Waals surface area contributed by atoms with Crippen molar-refractivity contribution in [2.75, 3.05) is 18.4 Å². The molecule has 20 heavy (non-hydrogen) atoms. The number of likely N-dealkylation sites (tertiary alicyclic amines) is 1. The van der Waals surface area contributed by atoms with Crippen LogP contribution in [0.1, 0.15) is 19.8 Å². The average Bonchev–Trinajstić information content (AvgIpc) is 2.41. The Kier molecular flexibility index (Phi) is 5.00. The van der Waals surface area contributed by atoms with E-state index >= 15 is 0 Å². The molecule has 0 atom stereocenters. The number of hydrogen-bond donors (Lipinski definition) is 2. The van der Waals surface area contributed by atoms with Gasteiger partial charge in [0.1, 0.15) is 0 Å². The van der Waals surface area contributed by atoms with Crippen LogP contribution in [-0.4, -0.2) is 36.0 Å². The first-order valence-corrected chi connectivity index (χ1v) is 7.42. The molecule has 1 aliphatic heterocycles. The molecule has 1 aliphatic rings. The van der Waals surface area contributed by atoms with Crippen molar-refractivity contribution >= 4 is 33.6 Å². The van der Waals surface area contributed by atoms with Crippen molar-refractivity contribution in [2.45, 2.75) is 25.8 Å². The Morgan fingerprint density at radius 1 is 1.20 bits per heavy atom. The molecule has 1 fully saturated rings. The molecule has 0 aromatic heterocycles. The highest BCUT2D eigenvalue weighted by Crippen LogP contribution is 2.16. The predicted octanol–water partition coefficient (Wildman–Crippen LogP) is 2.58. The molecule has 0 spiro atoms. The minimum Gasteiger partial charge on any atom is -0.353 e. The molecular formula is C14H18BrN3O2. The zero-order chi connectivity index (χ0) is 14.5. The highest BCUT2D eigenvalue weighted by atomic mass is 79.9. The van der Waals surface area contributed by atoms with Gasteiger partial charge in [0, 0.05) is 36.2 Å². The maximum Gasteiger partial charge on any atom is 0.321 e. The summed E-state index contributed by atoms with van der Waals surface area (Å²) in [6.45, 7) is 2.84. The monoisotopic (exact) mass is 339 g/mol. The molecule has 0 saturated carbocycles. The summed E-state index contributed by atoms with van der Waals surface area (Å²) in [6, 6.07) is 7.58. The van der Waals surface area contributed by atoms with Gasteiger partial charge in [-0.1, -0.05) is 15.9 Å². The fourth-order valence-electron chi connectivity index (χ4n) is 2.25. The van der Waals surface area contributed by atoms with E-state index in [1.807, 2.05) is 24.3 Å². The largest absolute Gasteiger partial charge is 0.353 e. The van der Waals surface area contributed by atoms with Crippen molar-refractivity contribution in [3.63, 3.8) is 0 Å². The lowest BCUT2D eigenvalue weighted by Gasteiger charge is -2.32. The van der Waals surface area contributed by atoms with Crippen LogP contribution in [0.3, 0.4) is 0 Å². The molecule has 3 amide bonds. The number of nitrogens with one attached hydrogen (secondary N) is 2. The van der Waals surface area contributed by atoms with Gasteiger partial charge in [-0.2, -0.15) is 0 Å². The van der Waals surface area contributed by atoms with E-state index in [1.54, 1.807) is 4.90 Å². The van der Waals surface area contributed by atoms with Crippen LogP contribution in [0.4, 0.5) is 10.5 Å². The molecule has 2 N–H and O–H groups in total. The predicted molar refractivity (Wildman–Crippen MR) is 81.6 cm³/mol. The molecule has 1 aromatic carbocycles. The second kappa shape index (κ2) is 6.74. The summed E-state index contributed by atoms with van der Waals surface area (Å²) in [7, 11) is 0. The van der Waals surface area contributed by atoms with Crippen molar-refractivity contribution < 1.29 is 9.59 Å². The molecule has 2 rings (SSSR count). The van der Waals surface area contributed by atoms with Crippen LogP contribution in [0.2, 0.25) is 0 Å². The molecule has 108 valence electrons. The number of piperidine rings is 1. The van der Waals surface area contributed by atoms with E-state index in [0.717, 1.165) is 23.0 Å². The molecule has 0 unspecified atom stereocenters. The smallest absolute Gasteiger partial charge is 0.321 e. The van der Waals surface area contributed by atoms with Gasteiger partial charge in [0.15, 0.2) is 0 Å². The van der Waals surface area contributed by atoms with Gasteiger partial charge < -0.3 is 15.5 Å². The minimum atomic E-state index is -0.0893. The van der Waals surface area contributed by atoms with E-state index in [0.29, 0.717) is 13.1 Å². The van der Waals surface area contributed by atoms with Crippen LogP contribution >= 0.6 is 15.9 Å². The van der Waals surface area contributed by atoms with Crippen LogP contribution < -0.4 is 10.6 Å². The van der Waals surface area contributed by atoms with E-state index in [2.05, 4.69) is 26.6 Å². The zero-order valence-corrected chi connectivity index (χ0v) is 12.9. The van der Waals surface area contributed by atoms with E-state index in [1.165, 1.54) is 6.92 Å². The van der Waals surface area contributed by atoms with Crippen LogP contribution in [0, 0.1) is 0 Å². The average molecular weight is 340 g/mol. The normalized spacial score (nSPS) is 15.8. The van der Waals surface area contributed by atoms with Gasteiger partial charge in [-0.25, -0.2) is 4.79 Å². The Balaban J connectivity index is 1.82. The molecule has 1 heterocycles. The van der Waals surface area contributed by atoms with Crippen molar-refractivity contribution in [3.05, 3.63) is 28.7 Å². The maximum absolute atomic E-state index is 12.1. The molecule has 0 bridgehead atoms. The SMILES string of the molecule is CC(=O)NC1CCN(C(=O)Nc2ccc(Br)cc2)CC1. The van der Waals surface area contributed by atoms with Crippen LogP contribution in [0.25, 0.3) is 0 Å². The van der Waals surface area contributed by atoms with Crippen LogP contribution in [-0.2, 0) is 4.79 Å². The number of amides is 3. The van der Waals surface area contributed by atoms with Gasteiger partial charge in [0.2, 0.25) is 5.91 Å². The van der Waals surface area contributed by atoms with E-state index in [4.69, 9.17) is 0 Å². The number of rotatable bonds is 2. The van der Waals surface area contributed by atoms with Gasteiger partial charge in [-0.05, 0) is 37.1 Å². The summed E-state index contributed by atoms with van der Waals surface area (Å²) in [6.07, 6.45) is 1.60. The molecule has 1 saturated heterocycles. The first-order valence-electron chi connectivity index (χ1n) is 6.63. The van der Waals surface area contributed by atoms with Gasteiger partial charge in [0.25, 0.3) is 0 Å². The summed E-state index contributed by atoms with van der Waals surface area (Å²) in [5.41, 5.74) is 0.780. The molecular weight excluding hydrogens is 322 g/mol. The van der Waals surface area contributed by atoms with Crippen LogP contribution in [0.5, 0.6) is 0 Å². The summed E-state index contributed by atoms with van der Waals surface area (Å²) < 4.78 is 0.978. The Morgan fingerprint density at radius 2 is 1.80 bits per heavy atom. The number of hydrogen-bond acceptors (Lipinski definition) is 2. The summed E-state index contributed by atoms with van der Waals surface area (Å²) in [5, 5.41) is 5.77. The van der Waals surface area contributed by atoms with Gasteiger partial charge in [0.05, 0.1) is 0 Å².